The summed E-state index contributed by atoms with van der Waals surface area (Å²) in [6.45, 7) is 0. The largest absolute Gasteiger partial charge is 0.506 e. The molecule has 0 radical (unpaired) electrons. The highest BCUT2D eigenvalue weighted by molar-refractivity contribution is 6.05. The van der Waals surface area contributed by atoms with Gasteiger partial charge in [-0.15, -0.1) is 0 Å². The molecular weight excluding hydrogens is 206 g/mol. The van der Waals surface area contributed by atoms with Crippen molar-refractivity contribution in [3.63, 3.8) is 0 Å². The Balaban J connectivity index is 2.23. The second-order valence-corrected chi connectivity index (χ2v) is 3.09. The average Bonchev–Trinajstić information content (AvgIpc) is 2.83. The first-order chi connectivity index (χ1) is 7.77. The predicted octanol–water partition coefficient (Wildman–Crippen LogP) is 2.46. The second kappa shape index (κ2) is 4.44. The van der Waals surface area contributed by atoms with Crippen molar-refractivity contribution < 1.29 is 14.3 Å². The molecule has 4 nitrogen and oxygen atoms in total. The van der Waals surface area contributed by atoms with E-state index >= 15 is 0 Å². The zero-order valence-electron chi connectivity index (χ0n) is 8.33. The van der Waals surface area contributed by atoms with Crippen LogP contribution in [-0.4, -0.2) is 15.9 Å². The van der Waals surface area contributed by atoms with Gasteiger partial charge in [0.1, 0.15) is 11.5 Å². The summed E-state index contributed by atoms with van der Waals surface area (Å²) in [5.41, 5.74) is 0.349. The number of allylic oxidation sites excluding steroid dienone is 1. The van der Waals surface area contributed by atoms with Crippen molar-refractivity contribution in [3.05, 3.63) is 60.3 Å². The van der Waals surface area contributed by atoms with Gasteiger partial charge in [0, 0.05) is 12.3 Å². The van der Waals surface area contributed by atoms with Gasteiger partial charge in [0.25, 0.3) is 0 Å². The van der Waals surface area contributed by atoms with E-state index in [4.69, 9.17) is 4.42 Å². The SMILES string of the molecule is O=C(C=C(O)c1ccccn1)c1ccco1. The zero-order valence-corrected chi connectivity index (χ0v) is 8.33. The van der Waals surface area contributed by atoms with Crippen LogP contribution in [0.15, 0.2) is 53.3 Å². The minimum Gasteiger partial charge on any atom is -0.506 e. The number of rotatable bonds is 3. The van der Waals surface area contributed by atoms with Gasteiger partial charge in [-0.2, -0.15) is 0 Å². The van der Waals surface area contributed by atoms with Crippen LogP contribution in [0.2, 0.25) is 0 Å². The Morgan fingerprint density at radius 2 is 2.19 bits per heavy atom. The topological polar surface area (TPSA) is 63.3 Å². The Hall–Kier alpha value is -2.36. The van der Waals surface area contributed by atoms with Gasteiger partial charge < -0.3 is 9.52 Å². The maximum Gasteiger partial charge on any atom is 0.224 e. The molecule has 16 heavy (non-hydrogen) atoms. The van der Waals surface area contributed by atoms with Gasteiger partial charge in [0.05, 0.1) is 6.26 Å². The van der Waals surface area contributed by atoms with Crippen molar-refractivity contribution in [2.24, 2.45) is 0 Å². The van der Waals surface area contributed by atoms with E-state index in [0.717, 1.165) is 6.08 Å². The summed E-state index contributed by atoms with van der Waals surface area (Å²) in [6, 6.07) is 8.21. The van der Waals surface area contributed by atoms with Crippen LogP contribution in [0.3, 0.4) is 0 Å². The number of aromatic nitrogens is 1. The lowest BCUT2D eigenvalue weighted by molar-refractivity contribution is 0.102. The summed E-state index contributed by atoms with van der Waals surface area (Å²) in [5.74, 6) is -0.391. The highest BCUT2D eigenvalue weighted by Gasteiger charge is 2.08. The zero-order chi connectivity index (χ0) is 11.4. The molecule has 0 aliphatic rings. The molecule has 0 spiro atoms. The van der Waals surface area contributed by atoms with E-state index in [2.05, 4.69) is 4.98 Å². The van der Waals surface area contributed by atoms with Crippen LogP contribution < -0.4 is 0 Å². The summed E-state index contributed by atoms with van der Waals surface area (Å²) in [6.07, 6.45) is 4.02. The Morgan fingerprint density at radius 3 is 2.81 bits per heavy atom. The fourth-order valence-electron chi connectivity index (χ4n) is 1.20. The molecule has 2 rings (SSSR count). The molecule has 1 N–H and O–H groups in total. The first kappa shape index (κ1) is 10.2. The minimum atomic E-state index is -0.395. The van der Waals surface area contributed by atoms with Crippen molar-refractivity contribution >= 4 is 11.5 Å². The fourth-order valence-corrected chi connectivity index (χ4v) is 1.20. The molecule has 2 aromatic rings. The number of ketones is 1. The van der Waals surface area contributed by atoms with Gasteiger partial charge in [0.15, 0.2) is 5.76 Å². The molecule has 0 atom stereocenters. The molecule has 0 aromatic carbocycles. The summed E-state index contributed by atoms with van der Waals surface area (Å²) in [5, 5.41) is 9.63. The quantitative estimate of drug-likeness (QED) is 0.485. The number of aliphatic hydroxyl groups is 1. The Kier molecular flexibility index (Phi) is 2.82. The van der Waals surface area contributed by atoms with Gasteiger partial charge >= 0.3 is 0 Å². The number of aliphatic hydroxyl groups excluding tert-OH is 1. The maximum absolute atomic E-state index is 11.5. The standard InChI is InChI=1S/C12H9NO3/c14-10(9-4-1-2-6-13-9)8-11(15)12-5-3-7-16-12/h1-8,14H. The molecule has 80 valence electrons. The molecule has 0 saturated carbocycles. The third-order valence-electron chi connectivity index (χ3n) is 1.96. The highest BCUT2D eigenvalue weighted by Crippen LogP contribution is 2.10. The molecule has 0 fully saturated rings. The number of pyridine rings is 1. The molecule has 0 unspecified atom stereocenters. The van der Waals surface area contributed by atoms with Gasteiger partial charge in [-0.3, -0.25) is 9.78 Å². The number of carbonyl (C=O) groups is 1. The molecular formula is C12H9NO3. The van der Waals surface area contributed by atoms with E-state index in [1.54, 1.807) is 24.3 Å². The van der Waals surface area contributed by atoms with Crippen LogP contribution in [0.25, 0.3) is 5.76 Å². The third-order valence-corrected chi connectivity index (χ3v) is 1.96. The van der Waals surface area contributed by atoms with Crippen molar-refractivity contribution in [1.29, 1.82) is 0 Å². The van der Waals surface area contributed by atoms with Crippen molar-refractivity contribution in [3.8, 4) is 0 Å². The van der Waals surface area contributed by atoms with E-state index in [0.29, 0.717) is 5.69 Å². The lowest BCUT2D eigenvalue weighted by Crippen LogP contribution is -1.95. The first-order valence-electron chi connectivity index (χ1n) is 4.67. The number of furan rings is 1. The Bertz CT molecular complexity index is 500. The minimum absolute atomic E-state index is 0.179. The smallest absolute Gasteiger partial charge is 0.224 e. The summed E-state index contributed by atoms with van der Waals surface area (Å²) >= 11 is 0. The van der Waals surface area contributed by atoms with Crippen LogP contribution in [0.4, 0.5) is 0 Å². The highest BCUT2D eigenvalue weighted by atomic mass is 16.3. The number of nitrogens with zero attached hydrogens (tertiary/aromatic N) is 1. The van der Waals surface area contributed by atoms with Crippen molar-refractivity contribution in [2.45, 2.75) is 0 Å². The van der Waals surface area contributed by atoms with E-state index in [9.17, 15) is 9.90 Å². The molecule has 0 bridgehead atoms. The molecule has 0 amide bonds. The first-order valence-corrected chi connectivity index (χ1v) is 4.67. The van der Waals surface area contributed by atoms with Crippen LogP contribution in [0, 0.1) is 0 Å². The third kappa shape index (κ3) is 2.17. The molecule has 4 heteroatoms. The maximum atomic E-state index is 11.5. The lowest BCUT2D eigenvalue weighted by Gasteiger charge is -1.97. The Labute approximate surface area is 91.9 Å². The van der Waals surface area contributed by atoms with Crippen molar-refractivity contribution in [1.82, 2.24) is 4.98 Å². The number of hydrogen-bond acceptors (Lipinski definition) is 4. The van der Waals surface area contributed by atoms with Gasteiger partial charge in [-0.05, 0) is 24.3 Å². The van der Waals surface area contributed by atoms with Crippen molar-refractivity contribution in [2.75, 3.05) is 0 Å². The van der Waals surface area contributed by atoms with E-state index in [1.165, 1.54) is 18.5 Å². The second-order valence-electron chi connectivity index (χ2n) is 3.09. The monoisotopic (exact) mass is 215 g/mol. The molecule has 0 aliphatic carbocycles. The summed E-state index contributed by atoms with van der Waals surface area (Å²) in [4.78, 5) is 15.4. The van der Waals surface area contributed by atoms with Crippen LogP contribution >= 0.6 is 0 Å². The predicted molar refractivity (Wildman–Crippen MR) is 57.9 cm³/mol. The summed E-state index contributed by atoms with van der Waals surface area (Å²) < 4.78 is 4.91. The van der Waals surface area contributed by atoms with Crippen LogP contribution in [0.5, 0.6) is 0 Å². The van der Waals surface area contributed by atoms with Gasteiger partial charge in [-0.1, -0.05) is 6.07 Å². The molecule has 2 heterocycles. The van der Waals surface area contributed by atoms with Gasteiger partial charge in [0.2, 0.25) is 5.78 Å². The lowest BCUT2D eigenvalue weighted by atomic mass is 10.2. The fraction of sp³-hybridized carbons (Fsp3) is 0. The van der Waals surface area contributed by atoms with Crippen LogP contribution in [-0.2, 0) is 0 Å². The molecule has 0 saturated heterocycles. The summed E-state index contributed by atoms with van der Waals surface area (Å²) in [7, 11) is 0. The van der Waals surface area contributed by atoms with Gasteiger partial charge in [-0.25, -0.2) is 0 Å². The van der Waals surface area contributed by atoms with E-state index in [1.807, 2.05) is 0 Å². The van der Waals surface area contributed by atoms with E-state index in [-0.39, 0.29) is 11.5 Å². The van der Waals surface area contributed by atoms with Crippen LogP contribution in [0.1, 0.15) is 16.2 Å². The average molecular weight is 215 g/mol. The van der Waals surface area contributed by atoms with E-state index < -0.39 is 5.78 Å². The number of hydrogen-bond donors (Lipinski definition) is 1. The Morgan fingerprint density at radius 1 is 1.31 bits per heavy atom. The molecule has 0 aliphatic heterocycles. The number of carbonyl (C=O) groups excluding carboxylic acids is 1. The molecule has 2 aromatic heterocycles. The normalized spacial score (nSPS) is 11.4.